The number of benzene rings is 2. The van der Waals surface area contributed by atoms with Crippen LogP contribution in [0.15, 0.2) is 53.5 Å². The van der Waals surface area contributed by atoms with Crippen molar-refractivity contribution in [2.24, 2.45) is 16.5 Å². The molecule has 0 unspecified atom stereocenters. The van der Waals surface area contributed by atoms with Gasteiger partial charge in [0.1, 0.15) is 0 Å². The first-order valence-electron chi connectivity index (χ1n) is 7.21. The molecule has 112 valence electrons. The SMILES string of the molecule is NCCN1Cc2cc(C(=O)c3ccccc3)ccc2N=C1N. The first-order chi connectivity index (χ1) is 10.7. The van der Waals surface area contributed by atoms with Crippen molar-refractivity contribution < 1.29 is 4.79 Å². The van der Waals surface area contributed by atoms with Crippen LogP contribution in [-0.2, 0) is 6.54 Å². The fourth-order valence-corrected chi connectivity index (χ4v) is 2.55. The Morgan fingerprint density at radius 2 is 1.91 bits per heavy atom. The van der Waals surface area contributed by atoms with Gasteiger partial charge in [-0.1, -0.05) is 30.3 Å². The molecule has 3 rings (SSSR count). The number of carbonyl (C=O) groups excluding carboxylic acids is 1. The highest BCUT2D eigenvalue weighted by Gasteiger charge is 2.19. The second kappa shape index (κ2) is 5.99. The summed E-state index contributed by atoms with van der Waals surface area (Å²) in [5.41, 5.74) is 14.7. The molecule has 0 aromatic heterocycles. The molecule has 5 nitrogen and oxygen atoms in total. The van der Waals surface area contributed by atoms with Crippen LogP contribution in [0.1, 0.15) is 21.5 Å². The maximum absolute atomic E-state index is 12.5. The molecule has 0 atom stereocenters. The van der Waals surface area contributed by atoms with Crippen molar-refractivity contribution in [3.05, 3.63) is 65.2 Å². The summed E-state index contributed by atoms with van der Waals surface area (Å²) in [5.74, 6) is 0.483. The van der Waals surface area contributed by atoms with Gasteiger partial charge in [-0.2, -0.15) is 0 Å². The Labute approximate surface area is 129 Å². The van der Waals surface area contributed by atoms with Crippen molar-refractivity contribution in [3.63, 3.8) is 0 Å². The zero-order valence-corrected chi connectivity index (χ0v) is 12.2. The zero-order valence-electron chi connectivity index (χ0n) is 12.2. The van der Waals surface area contributed by atoms with Crippen molar-refractivity contribution in [1.29, 1.82) is 0 Å². The molecule has 1 aliphatic heterocycles. The minimum absolute atomic E-state index is 0.0105. The van der Waals surface area contributed by atoms with E-state index in [1.165, 1.54) is 0 Å². The van der Waals surface area contributed by atoms with Gasteiger partial charge in [0.05, 0.1) is 5.69 Å². The molecule has 1 heterocycles. The summed E-state index contributed by atoms with van der Waals surface area (Å²) in [5, 5.41) is 0. The molecular weight excluding hydrogens is 276 g/mol. The first-order valence-corrected chi connectivity index (χ1v) is 7.21. The Hall–Kier alpha value is -2.66. The lowest BCUT2D eigenvalue weighted by molar-refractivity contribution is 0.103. The third-order valence-electron chi connectivity index (χ3n) is 3.70. The lowest BCUT2D eigenvalue weighted by Gasteiger charge is -2.27. The van der Waals surface area contributed by atoms with Crippen LogP contribution >= 0.6 is 0 Å². The van der Waals surface area contributed by atoms with Gasteiger partial charge in [-0.25, -0.2) is 4.99 Å². The number of ketones is 1. The molecule has 22 heavy (non-hydrogen) atoms. The summed E-state index contributed by atoms with van der Waals surface area (Å²) in [6.07, 6.45) is 0. The minimum atomic E-state index is 0.0105. The largest absolute Gasteiger partial charge is 0.369 e. The van der Waals surface area contributed by atoms with E-state index in [1.807, 2.05) is 47.4 Å². The molecule has 0 bridgehead atoms. The predicted octanol–water partition coefficient (Wildman–Crippen LogP) is 1.64. The Morgan fingerprint density at radius 3 is 2.64 bits per heavy atom. The minimum Gasteiger partial charge on any atom is -0.369 e. The molecule has 0 saturated heterocycles. The van der Waals surface area contributed by atoms with Crippen LogP contribution in [0.5, 0.6) is 0 Å². The average molecular weight is 294 g/mol. The highest BCUT2D eigenvalue weighted by molar-refractivity contribution is 6.09. The van der Waals surface area contributed by atoms with Gasteiger partial charge in [0.25, 0.3) is 0 Å². The van der Waals surface area contributed by atoms with Gasteiger partial charge in [-0.15, -0.1) is 0 Å². The Morgan fingerprint density at radius 1 is 1.14 bits per heavy atom. The van der Waals surface area contributed by atoms with Gasteiger partial charge in [-0.3, -0.25) is 4.79 Å². The van der Waals surface area contributed by atoms with Gasteiger partial charge in [-0.05, 0) is 23.8 Å². The predicted molar refractivity (Wildman–Crippen MR) is 87.1 cm³/mol. The molecule has 0 spiro atoms. The van der Waals surface area contributed by atoms with E-state index in [-0.39, 0.29) is 5.78 Å². The molecular formula is C17H18N4O. The molecule has 1 aliphatic rings. The van der Waals surface area contributed by atoms with Crippen molar-refractivity contribution in [3.8, 4) is 0 Å². The smallest absolute Gasteiger partial charge is 0.196 e. The van der Waals surface area contributed by atoms with Crippen LogP contribution < -0.4 is 11.5 Å². The highest BCUT2D eigenvalue weighted by Crippen LogP contribution is 2.27. The molecule has 2 aromatic carbocycles. The third kappa shape index (κ3) is 2.71. The van der Waals surface area contributed by atoms with Crippen LogP contribution in [0.3, 0.4) is 0 Å². The molecule has 0 aliphatic carbocycles. The zero-order chi connectivity index (χ0) is 15.5. The van der Waals surface area contributed by atoms with Crippen molar-refractivity contribution >= 4 is 17.4 Å². The molecule has 0 fully saturated rings. The van der Waals surface area contributed by atoms with Gasteiger partial charge >= 0.3 is 0 Å². The van der Waals surface area contributed by atoms with Crippen molar-refractivity contribution in [1.82, 2.24) is 4.90 Å². The molecule has 0 saturated carbocycles. The Bertz CT molecular complexity index is 725. The number of carbonyl (C=O) groups is 1. The van der Waals surface area contributed by atoms with Gasteiger partial charge in [0.2, 0.25) is 0 Å². The van der Waals surface area contributed by atoms with E-state index in [0.29, 0.717) is 36.7 Å². The summed E-state index contributed by atoms with van der Waals surface area (Å²) >= 11 is 0. The van der Waals surface area contributed by atoms with Crippen molar-refractivity contribution in [2.45, 2.75) is 6.54 Å². The molecule has 0 radical (unpaired) electrons. The lowest BCUT2D eigenvalue weighted by atomic mass is 9.99. The summed E-state index contributed by atoms with van der Waals surface area (Å²) in [6.45, 7) is 1.78. The van der Waals surface area contributed by atoms with E-state index in [0.717, 1.165) is 11.3 Å². The maximum Gasteiger partial charge on any atom is 0.196 e. The number of nitrogens with two attached hydrogens (primary N) is 2. The standard InChI is InChI=1S/C17H18N4O/c18-8-9-21-11-14-10-13(6-7-15(14)20-17(21)19)16(22)12-4-2-1-3-5-12/h1-7,10H,8-9,11,18H2,(H2,19,20). The number of fused-ring (bicyclic) bond motifs is 1. The van der Waals surface area contributed by atoms with Gasteiger partial charge in [0, 0.05) is 30.8 Å². The quantitative estimate of drug-likeness (QED) is 0.839. The molecule has 0 amide bonds. The second-order valence-corrected chi connectivity index (χ2v) is 5.22. The second-order valence-electron chi connectivity index (χ2n) is 5.22. The maximum atomic E-state index is 12.5. The van der Waals surface area contributed by atoms with Gasteiger partial charge in [0.15, 0.2) is 11.7 Å². The fraction of sp³-hybridized carbons (Fsp3) is 0.176. The Balaban J connectivity index is 1.92. The normalized spacial score (nSPS) is 13.5. The lowest BCUT2D eigenvalue weighted by Crippen LogP contribution is -2.41. The summed E-state index contributed by atoms with van der Waals surface area (Å²) in [7, 11) is 0. The summed E-state index contributed by atoms with van der Waals surface area (Å²) in [4.78, 5) is 18.8. The van der Waals surface area contributed by atoms with Crippen molar-refractivity contribution in [2.75, 3.05) is 13.1 Å². The summed E-state index contributed by atoms with van der Waals surface area (Å²) in [6, 6.07) is 14.8. The number of guanidine groups is 1. The number of hydrogen-bond donors (Lipinski definition) is 2. The molecule has 2 aromatic rings. The van der Waals surface area contributed by atoms with Crippen LogP contribution in [0.4, 0.5) is 5.69 Å². The number of hydrogen-bond acceptors (Lipinski definition) is 5. The van der Waals surface area contributed by atoms with E-state index < -0.39 is 0 Å². The van der Waals surface area contributed by atoms with Crippen LogP contribution in [-0.4, -0.2) is 29.7 Å². The molecule has 4 N–H and O–H groups in total. The fourth-order valence-electron chi connectivity index (χ4n) is 2.55. The average Bonchev–Trinajstić information content (AvgIpc) is 2.55. The van der Waals surface area contributed by atoms with Crippen LogP contribution in [0, 0.1) is 0 Å². The van der Waals surface area contributed by atoms with E-state index in [4.69, 9.17) is 11.5 Å². The number of rotatable bonds is 4. The van der Waals surface area contributed by atoms with Crippen LogP contribution in [0.25, 0.3) is 0 Å². The Kier molecular flexibility index (Phi) is 3.89. The van der Waals surface area contributed by atoms with E-state index in [1.54, 1.807) is 6.07 Å². The first kappa shape index (κ1) is 14.3. The third-order valence-corrected chi connectivity index (χ3v) is 3.70. The number of nitrogens with zero attached hydrogens (tertiary/aromatic N) is 2. The van der Waals surface area contributed by atoms with E-state index in [2.05, 4.69) is 4.99 Å². The summed E-state index contributed by atoms with van der Waals surface area (Å²) < 4.78 is 0. The number of aliphatic imine (C=N–C) groups is 1. The van der Waals surface area contributed by atoms with E-state index >= 15 is 0 Å². The highest BCUT2D eigenvalue weighted by atomic mass is 16.1. The molecule has 5 heteroatoms. The van der Waals surface area contributed by atoms with Gasteiger partial charge < -0.3 is 16.4 Å². The van der Waals surface area contributed by atoms with Crippen LogP contribution in [0.2, 0.25) is 0 Å². The topological polar surface area (TPSA) is 84.7 Å². The van der Waals surface area contributed by atoms with E-state index in [9.17, 15) is 4.79 Å². The monoisotopic (exact) mass is 294 g/mol.